The molecule has 2 rings (SSSR count). The van der Waals surface area contributed by atoms with Gasteiger partial charge in [-0.2, -0.15) is 0 Å². The fourth-order valence-corrected chi connectivity index (χ4v) is 1.45. The SMILES string of the molecule is NCC1CC(c2cc(F)c(F)c(F)c2)=NO1. The topological polar surface area (TPSA) is 47.6 Å². The molecule has 86 valence electrons. The second-order valence-corrected chi connectivity index (χ2v) is 3.46. The van der Waals surface area contributed by atoms with Crippen molar-refractivity contribution in [3.8, 4) is 0 Å². The van der Waals surface area contributed by atoms with Crippen molar-refractivity contribution in [2.45, 2.75) is 12.5 Å². The maximum absolute atomic E-state index is 12.9. The highest BCUT2D eigenvalue weighted by molar-refractivity contribution is 6.01. The highest BCUT2D eigenvalue weighted by atomic mass is 19.2. The first-order valence-electron chi connectivity index (χ1n) is 4.69. The lowest BCUT2D eigenvalue weighted by molar-refractivity contribution is 0.0918. The number of rotatable bonds is 2. The normalized spacial score (nSPS) is 19.5. The summed E-state index contributed by atoms with van der Waals surface area (Å²) in [5.41, 5.74) is 5.89. The number of nitrogens with two attached hydrogens (primary N) is 1. The van der Waals surface area contributed by atoms with Gasteiger partial charge in [-0.05, 0) is 12.1 Å². The molecule has 0 bridgehead atoms. The molecule has 1 aromatic rings. The Morgan fingerprint density at radius 1 is 1.31 bits per heavy atom. The van der Waals surface area contributed by atoms with E-state index in [1.807, 2.05) is 0 Å². The van der Waals surface area contributed by atoms with Crippen molar-refractivity contribution in [1.82, 2.24) is 0 Å². The average Bonchev–Trinajstić information content (AvgIpc) is 2.73. The first kappa shape index (κ1) is 10.9. The van der Waals surface area contributed by atoms with Crippen molar-refractivity contribution < 1.29 is 18.0 Å². The van der Waals surface area contributed by atoms with Crippen LogP contribution in [0.1, 0.15) is 12.0 Å². The molecule has 16 heavy (non-hydrogen) atoms. The van der Waals surface area contributed by atoms with Gasteiger partial charge < -0.3 is 10.6 Å². The molecule has 1 atom stereocenters. The number of hydrogen-bond donors (Lipinski definition) is 1. The molecule has 0 saturated heterocycles. The van der Waals surface area contributed by atoms with Crippen LogP contribution in [-0.4, -0.2) is 18.4 Å². The van der Waals surface area contributed by atoms with E-state index in [-0.39, 0.29) is 18.2 Å². The molecular weight excluding hydrogens is 221 g/mol. The third kappa shape index (κ3) is 1.88. The number of benzene rings is 1. The molecule has 1 unspecified atom stereocenters. The molecule has 0 aliphatic carbocycles. The van der Waals surface area contributed by atoms with E-state index >= 15 is 0 Å². The Hall–Kier alpha value is -1.56. The zero-order chi connectivity index (χ0) is 11.7. The van der Waals surface area contributed by atoms with Crippen LogP contribution >= 0.6 is 0 Å². The van der Waals surface area contributed by atoms with Gasteiger partial charge in [0, 0.05) is 18.5 Å². The monoisotopic (exact) mass is 230 g/mol. The van der Waals surface area contributed by atoms with Gasteiger partial charge >= 0.3 is 0 Å². The van der Waals surface area contributed by atoms with Crippen LogP contribution in [-0.2, 0) is 4.84 Å². The third-order valence-corrected chi connectivity index (χ3v) is 2.31. The van der Waals surface area contributed by atoms with E-state index in [1.165, 1.54) is 0 Å². The summed E-state index contributed by atoms with van der Waals surface area (Å²) in [5.74, 6) is -3.97. The number of hydrogen-bond acceptors (Lipinski definition) is 3. The molecule has 0 fully saturated rings. The Bertz CT molecular complexity index is 425. The van der Waals surface area contributed by atoms with Crippen LogP contribution in [0, 0.1) is 17.5 Å². The zero-order valence-corrected chi connectivity index (χ0v) is 8.21. The highest BCUT2D eigenvalue weighted by Crippen LogP contribution is 2.19. The van der Waals surface area contributed by atoms with E-state index in [4.69, 9.17) is 10.6 Å². The molecule has 6 heteroatoms. The molecule has 0 radical (unpaired) electrons. The van der Waals surface area contributed by atoms with E-state index in [2.05, 4.69) is 5.16 Å². The van der Waals surface area contributed by atoms with E-state index in [9.17, 15) is 13.2 Å². The number of halogens is 3. The smallest absolute Gasteiger partial charge is 0.194 e. The Balaban J connectivity index is 2.29. The first-order valence-corrected chi connectivity index (χ1v) is 4.69. The molecule has 0 amide bonds. The van der Waals surface area contributed by atoms with Gasteiger partial charge in [0.05, 0.1) is 5.71 Å². The first-order chi connectivity index (χ1) is 7.61. The molecule has 1 heterocycles. The van der Waals surface area contributed by atoms with Gasteiger partial charge in [-0.3, -0.25) is 0 Å². The minimum Gasteiger partial charge on any atom is -0.390 e. The molecule has 0 aromatic heterocycles. The van der Waals surface area contributed by atoms with Gasteiger partial charge in [-0.15, -0.1) is 0 Å². The van der Waals surface area contributed by atoms with Crippen molar-refractivity contribution in [3.05, 3.63) is 35.1 Å². The van der Waals surface area contributed by atoms with Crippen molar-refractivity contribution in [2.24, 2.45) is 10.9 Å². The molecule has 1 aromatic carbocycles. The zero-order valence-electron chi connectivity index (χ0n) is 8.21. The summed E-state index contributed by atoms with van der Waals surface area (Å²) in [6.07, 6.45) is 0.0762. The van der Waals surface area contributed by atoms with Crippen LogP contribution in [0.2, 0.25) is 0 Å². The lowest BCUT2D eigenvalue weighted by Crippen LogP contribution is -2.20. The Morgan fingerprint density at radius 2 is 1.94 bits per heavy atom. The van der Waals surface area contributed by atoms with Gasteiger partial charge in [0.25, 0.3) is 0 Å². The Kier molecular flexibility index (Phi) is 2.82. The fourth-order valence-electron chi connectivity index (χ4n) is 1.45. The van der Waals surface area contributed by atoms with E-state index in [0.29, 0.717) is 12.1 Å². The molecule has 1 aliphatic rings. The molecular formula is C10H9F3N2O. The standard InChI is InChI=1S/C10H9F3N2O/c11-7-1-5(2-8(12)10(7)13)9-3-6(4-14)16-15-9/h1-2,6H,3-4,14H2. The van der Waals surface area contributed by atoms with Gasteiger partial charge in [0.15, 0.2) is 17.5 Å². The van der Waals surface area contributed by atoms with E-state index < -0.39 is 17.5 Å². The van der Waals surface area contributed by atoms with Crippen LogP contribution in [0.15, 0.2) is 17.3 Å². The van der Waals surface area contributed by atoms with Crippen LogP contribution in [0.25, 0.3) is 0 Å². The predicted molar refractivity (Wildman–Crippen MR) is 51.4 cm³/mol. The molecule has 0 spiro atoms. The largest absolute Gasteiger partial charge is 0.390 e. The number of oxime groups is 1. The summed E-state index contributed by atoms with van der Waals surface area (Å²) in [5, 5.41) is 3.65. The molecule has 1 aliphatic heterocycles. The molecule has 3 nitrogen and oxygen atoms in total. The summed E-state index contributed by atoms with van der Waals surface area (Å²) in [6.45, 7) is 0.263. The summed E-state index contributed by atoms with van der Waals surface area (Å²) in [6, 6.07) is 1.78. The lowest BCUT2D eigenvalue weighted by Gasteiger charge is -2.03. The van der Waals surface area contributed by atoms with Gasteiger partial charge in [-0.25, -0.2) is 13.2 Å². The quantitative estimate of drug-likeness (QED) is 0.783. The summed E-state index contributed by atoms with van der Waals surface area (Å²) < 4.78 is 38.6. The molecule has 2 N–H and O–H groups in total. The third-order valence-electron chi connectivity index (χ3n) is 2.31. The van der Waals surface area contributed by atoms with Crippen LogP contribution in [0.3, 0.4) is 0 Å². The van der Waals surface area contributed by atoms with Crippen LogP contribution in [0.5, 0.6) is 0 Å². The summed E-state index contributed by atoms with van der Waals surface area (Å²) in [7, 11) is 0. The van der Waals surface area contributed by atoms with Crippen molar-refractivity contribution in [1.29, 1.82) is 0 Å². The Labute approximate surface area is 89.7 Å². The van der Waals surface area contributed by atoms with Crippen LogP contribution < -0.4 is 5.73 Å². The van der Waals surface area contributed by atoms with E-state index in [1.54, 1.807) is 0 Å². The van der Waals surface area contributed by atoms with Crippen molar-refractivity contribution in [2.75, 3.05) is 6.54 Å². The highest BCUT2D eigenvalue weighted by Gasteiger charge is 2.22. The van der Waals surface area contributed by atoms with Crippen LogP contribution in [0.4, 0.5) is 13.2 Å². The second kappa shape index (κ2) is 4.13. The lowest BCUT2D eigenvalue weighted by atomic mass is 10.0. The summed E-state index contributed by atoms with van der Waals surface area (Å²) in [4.78, 5) is 4.90. The second-order valence-electron chi connectivity index (χ2n) is 3.46. The average molecular weight is 230 g/mol. The van der Waals surface area contributed by atoms with Gasteiger partial charge in [-0.1, -0.05) is 5.16 Å². The maximum Gasteiger partial charge on any atom is 0.194 e. The summed E-state index contributed by atoms with van der Waals surface area (Å²) >= 11 is 0. The Morgan fingerprint density at radius 3 is 2.44 bits per heavy atom. The molecule has 0 saturated carbocycles. The minimum atomic E-state index is -1.49. The minimum absolute atomic E-state index is 0.173. The van der Waals surface area contributed by atoms with Crippen molar-refractivity contribution in [3.63, 3.8) is 0 Å². The van der Waals surface area contributed by atoms with Gasteiger partial charge in [0.1, 0.15) is 6.10 Å². The predicted octanol–water partition coefficient (Wildman–Crippen LogP) is 1.56. The fraction of sp³-hybridized carbons (Fsp3) is 0.300. The maximum atomic E-state index is 12.9. The number of nitrogens with zero attached hydrogens (tertiary/aromatic N) is 1. The van der Waals surface area contributed by atoms with Crippen molar-refractivity contribution >= 4 is 5.71 Å². The van der Waals surface area contributed by atoms with Gasteiger partial charge in [0.2, 0.25) is 0 Å². The van der Waals surface area contributed by atoms with E-state index in [0.717, 1.165) is 12.1 Å².